The highest BCUT2D eigenvalue weighted by molar-refractivity contribution is 6.13. The summed E-state index contributed by atoms with van der Waals surface area (Å²) in [7, 11) is 0. The van der Waals surface area contributed by atoms with E-state index in [0.29, 0.717) is 5.69 Å². The van der Waals surface area contributed by atoms with Gasteiger partial charge in [-0.25, -0.2) is 4.98 Å². The molecule has 5 rings (SSSR count). The van der Waals surface area contributed by atoms with Crippen LogP contribution in [0.3, 0.4) is 0 Å². The van der Waals surface area contributed by atoms with Crippen LogP contribution in [0.25, 0.3) is 43.8 Å². The monoisotopic (exact) mass is 352 g/mol. The van der Waals surface area contributed by atoms with E-state index >= 15 is 0 Å². The molecule has 2 N–H and O–H groups in total. The van der Waals surface area contributed by atoms with Crippen molar-refractivity contribution in [2.75, 3.05) is 0 Å². The molecule has 0 saturated heterocycles. The van der Waals surface area contributed by atoms with Crippen LogP contribution in [0.5, 0.6) is 0 Å². The van der Waals surface area contributed by atoms with Crippen LogP contribution in [0.15, 0.2) is 72.8 Å². The molecule has 27 heavy (non-hydrogen) atoms. The number of aromatic amines is 1. The fraction of sp³-hybridized carbons (Fsp3) is 0.125. The third-order valence-electron chi connectivity index (χ3n) is 5.17. The molecule has 0 fully saturated rings. The first-order chi connectivity index (χ1) is 13.0. The topological polar surface area (TPSA) is 48.9 Å². The molecule has 0 bridgehead atoms. The van der Waals surface area contributed by atoms with Crippen LogP contribution in [0, 0.1) is 0 Å². The van der Waals surface area contributed by atoms with Crippen LogP contribution in [0.2, 0.25) is 0 Å². The molecule has 132 valence electrons. The van der Waals surface area contributed by atoms with E-state index in [1.54, 1.807) is 13.8 Å². The minimum atomic E-state index is -1.02. The molecule has 0 atom stereocenters. The van der Waals surface area contributed by atoms with Crippen molar-refractivity contribution in [1.29, 1.82) is 0 Å². The summed E-state index contributed by atoms with van der Waals surface area (Å²) in [4.78, 5) is 8.45. The standard InChI is InChI=1S/C24H20N2O/c1-24(2,27)21-14-19-17-11-5-6-13-20(17)25-23(19)22(26-21)18-12-7-9-15-8-3-4-10-16(15)18/h3-14,25,27H,1-2H3. The Balaban J connectivity index is 1.96. The molecule has 3 heteroatoms. The second-order valence-corrected chi connectivity index (χ2v) is 7.53. The Bertz CT molecular complexity index is 1300. The summed E-state index contributed by atoms with van der Waals surface area (Å²) in [5, 5.41) is 15.2. The second-order valence-electron chi connectivity index (χ2n) is 7.53. The normalized spacial score (nSPS) is 12.3. The Morgan fingerprint density at radius 2 is 1.52 bits per heavy atom. The Morgan fingerprint density at radius 3 is 2.33 bits per heavy atom. The molecule has 0 aliphatic rings. The SMILES string of the molecule is CC(C)(O)c1cc2c([nH]c3ccccc32)c(-c2cccc3ccccc23)n1. The molecule has 0 unspecified atom stereocenters. The van der Waals surface area contributed by atoms with Crippen molar-refractivity contribution < 1.29 is 5.11 Å². The number of hydrogen-bond acceptors (Lipinski definition) is 2. The Hall–Kier alpha value is -3.17. The quantitative estimate of drug-likeness (QED) is 0.424. The van der Waals surface area contributed by atoms with Crippen LogP contribution in [-0.4, -0.2) is 15.1 Å². The van der Waals surface area contributed by atoms with E-state index in [-0.39, 0.29) is 0 Å². The van der Waals surface area contributed by atoms with Crippen molar-refractivity contribution in [3.05, 3.63) is 78.5 Å². The smallest absolute Gasteiger partial charge is 0.101 e. The zero-order valence-corrected chi connectivity index (χ0v) is 15.3. The number of aliphatic hydroxyl groups is 1. The molecular formula is C24H20N2O. The van der Waals surface area contributed by atoms with Gasteiger partial charge in [-0.05, 0) is 36.8 Å². The van der Waals surface area contributed by atoms with Gasteiger partial charge in [0.25, 0.3) is 0 Å². The van der Waals surface area contributed by atoms with Crippen molar-refractivity contribution in [3.8, 4) is 11.3 Å². The van der Waals surface area contributed by atoms with Crippen LogP contribution in [0.4, 0.5) is 0 Å². The Labute approximate surface area is 157 Å². The molecule has 0 aliphatic carbocycles. The number of benzene rings is 3. The third-order valence-corrected chi connectivity index (χ3v) is 5.17. The first kappa shape index (κ1) is 16.0. The van der Waals surface area contributed by atoms with Gasteiger partial charge in [0.15, 0.2) is 0 Å². The Morgan fingerprint density at radius 1 is 0.815 bits per heavy atom. The number of H-pyrrole nitrogens is 1. The largest absolute Gasteiger partial charge is 0.384 e. The van der Waals surface area contributed by atoms with Gasteiger partial charge in [0, 0.05) is 21.9 Å². The molecule has 0 saturated carbocycles. The maximum Gasteiger partial charge on any atom is 0.101 e. The summed E-state index contributed by atoms with van der Waals surface area (Å²) in [6, 6.07) is 24.9. The summed E-state index contributed by atoms with van der Waals surface area (Å²) in [6.07, 6.45) is 0. The molecule has 0 spiro atoms. The van der Waals surface area contributed by atoms with Crippen molar-refractivity contribution in [2.45, 2.75) is 19.4 Å². The molecular weight excluding hydrogens is 332 g/mol. The van der Waals surface area contributed by atoms with E-state index in [1.807, 2.05) is 30.3 Å². The highest BCUT2D eigenvalue weighted by atomic mass is 16.3. The predicted molar refractivity (Wildman–Crippen MR) is 112 cm³/mol. The van der Waals surface area contributed by atoms with Crippen molar-refractivity contribution in [2.24, 2.45) is 0 Å². The lowest BCUT2D eigenvalue weighted by atomic mass is 9.97. The van der Waals surface area contributed by atoms with Gasteiger partial charge in [-0.1, -0.05) is 60.7 Å². The predicted octanol–water partition coefficient (Wildman–Crippen LogP) is 5.76. The zero-order chi connectivity index (χ0) is 18.6. The fourth-order valence-corrected chi connectivity index (χ4v) is 3.79. The lowest BCUT2D eigenvalue weighted by Gasteiger charge is -2.18. The van der Waals surface area contributed by atoms with E-state index in [1.165, 1.54) is 5.39 Å². The van der Waals surface area contributed by atoms with Gasteiger partial charge in [0.05, 0.1) is 16.9 Å². The molecule has 2 heterocycles. The lowest BCUT2D eigenvalue weighted by Crippen LogP contribution is -2.17. The first-order valence-electron chi connectivity index (χ1n) is 9.15. The van der Waals surface area contributed by atoms with Gasteiger partial charge < -0.3 is 10.1 Å². The number of hydrogen-bond donors (Lipinski definition) is 2. The van der Waals surface area contributed by atoms with Gasteiger partial charge in [-0.15, -0.1) is 0 Å². The molecule has 2 aromatic heterocycles. The van der Waals surface area contributed by atoms with Crippen LogP contribution < -0.4 is 0 Å². The van der Waals surface area contributed by atoms with Crippen LogP contribution in [-0.2, 0) is 5.60 Å². The third kappa shape index (κ3) is 2.51. The van der Waals surface area contributed by atoms with Gasteiger partial charge in [0.2, 0.25) is 0 Å². The number of nitrogens with one attached hydrogen (secondary N) is 1. The molecule has 0 radical (unpaired) electrons. The molecule has 3 nitrogen and oxygen atoms in total. The number of fused-ring (bicyclic) bond motifs is 4. The molecule has 5 aromatic rings. The van der Waals surface area contributed by atoms with E-state index in [2.05, 4.69) is 47.4 Å². The Kier molecular flexibility index (Phi) is 3.36. The van der Waals surface area contributed by atoms with Crippen molar-refractivity contribution in [1.82, 2.24) is 9.97 Å². The summed E-state index contributed by atoms with van der Waals surface area (Å²) in [5.74, 6) is 0. The maximum atomic E-state index is 10.7. The first-order valence-corrected chi connectivity index (χ1v) is 9.15. The highest BCUT2D eigenvalue weighted by Gasteiger charge is 2.22. The summed E-state index contributed by atoms with van der Waals surface area (Å²) in [5.41, 5.74) is 3.66. The zero-order valence-electron chi connectivity index (χ0n) is 15.3. The number of rotatable bonds is 2. The van der Waals surface area contributed by atoms with E-state index in [0.717, 1.165) is 38.4 Å². The number of aromatic nitrogens is 2. The van der Waals surface area contributed by atoms with Crippen molar-refractivity contribution in [3.63, 3.8) is 0 Å². The summed E-state index contributed by atoms with van der Waals surface area (Å²) >= 11 is 0. The highest BCUT2D eigenvalue weighted by Crippen LogP contribution is 2.37. The second kappa shape index (κ2) is 5.66. The molecule has 0 aliphatic heterocycles. The number of nitrogens with zero attached hydrogens (tertiary/aromatic N) is 1. The van der Waals surface area contributed by atoms with Crippen LogP contribution in [0.1, 0.15) is 19.5 Å². The number of para-hydroxylation sites is 1. The van der Waals surface area contributed by atoms with Gasteiger partial charge >= 0.3 is 0 Å². The summed E-state index contributed by atoms with van der Waals surface area (Å²) in [6.45, 7) is 3.56. The van der Waals surface area contributed by atoms with Crippen LogP contribution >= 0.6 is 0 Å². The average molecular weight is 352 g/mol. The van der Waals surface area contributed by atoms with Gasteiger partial charge in [0.1, 0.15) is 5.60 Å². The maximum absolute atomic E-state index is 10.7. The van der Waals surface area contributed by atoms with Gasteiger partial charge in [-0.2, -0.15) is 0 Å². The van der Waals surface area contributed by atoms with E-state index < -0.39 is 5.60 Å². The average Bonchev–Trinajstić information content (AvgIpc) is 3.05. The minimum absolute atomic E-state index is 0.669. The lowest BCUT2D eigenvalue weighted by molar-refractivity contribution is 0.0741. The summed E-state index contributed by atoms with van der Waals surface area (Å²) < 4.78 is 0. The van der Waals surface area contributed by atoms with Crippen molar-refractivity contribution >= 4 is 32.6 Å². The fourth-order valence-electron chi connectivity index (χ4n) is 3.79. The minimum Gasteiger partial charge on any atom is -0.384 e. The molecule has 3 aromatic carbocycles. The molecule has 0 amide bonds. The van der Waals surface area contributed by atoms with Gasteiger partial charge in [-0.3, -0.25) is 0 Å². The van der Waals surface area contributed by atoms with E-state index in [9.17, 15) is 5.11 Å². The van der Waals surface area contributed by atoms with E-state index in [4.69, 9.17) is 4.98 Å². The number of pyridine rings is 1.